The van der Waals surface area contributed by atoms with Crippen molar-refractivity contribution in [1.82, 2.24) is 0 Å². The molecule has 0 aromatic heterocycles. The van der Waals surface area contributed by atoms with E-state index in [0.717, 1.165) is 37.7 Å². The molecular weight excluding hydrogens is 303 g/mol. The first kappa shape index (κ1) is 18.6. The van der Waals surface area contributed by atoms with Gasteiger partial charge in [-0.25, -0.2) is 4.39 Å². The number of aromatic hydroxyl groups is 2. The molecule has 0 radical (unpaired) electrons. The first-order chi connectivity index (χ1) is 11.4. The number of benzene rings is 1. The summed E-state index contributed by atoms with van der Waals surface area (Å²) < 4.78 is 14.6. The van der Waals surface area contributed by atoms with Crippen LogP contribution in [0.25, 0.3) is 0 Å². The fraction of sp³-hybridized carbons (Fsp3) is 0.524. The molecule has 1 aliphatic carbocycles. The van der Waals surface area contributed by atoms with E-state index in [2.05, 4.69) is 13.5 Å². The molecule has 0 bridgehead atoms. The van der Waals surface area contributed by atoms with Crippen LogP contribution in [0.1, 0.15) is 69.9 Å². The molecule has 1 aromatic rings. The molecule has 3 heteroatoms. The summed E-state index contributed by atoms with van der Waals surface area (Å²) >= 11 is 0. The van der Waals surface area contributed by atoms with Crippen LogP contribution in [0.4, 0.5) is 4.39 Å². The van der Waals surface area contributed by atoms with Crippen LogP contribution >= 0.6 is 0 Å². The van der Waals surface area contributed by atoms with Gasteiger partial charge in [0.25, 0.3) is 0 Å². The number of hydrogen-bond donors (Lipinski definition) is 2. The van der Waals surface area contributed by atoms with Gasteiger partial charge in [-0.1, -0.05) is 43.6 Å². The summed E-state index contributed by atoms with van der Waals surface area (Å²) in [6.07, 6.45) is 7.34. The van der Waals surface area contributed by atoms with E-state index in [1.165, 1.54) is 11.6 Å². The first-order valence-corrected chi connectivity index (χ1v) is 8.92. The number of phenols is 2. The standard InChI is InChI=1S/C21H29FO2/c1-5-6-7-8-15-12-18(23)19(21(24)20(15)22)17-11-14(4)9-10-16(17)13(2)3/h11-12,16-17,23-24H,2,5-10H2,1,3-4H3. The lowest BCUT2D eigenvalue weighted by Gasteiger charge is -2.31. The molecule has 2 rings (SSSR count). The SMILES string of the molecule is C=C(C)C1CCC(C)=CC1c1c(O)cc(CCCCC)c(F)c1O. The Kier molecular flexibility index (Phi) is 6.09. The van der Waals surface area contributed by atoms with E-state index >= 15 is 0 Å². The molecule has 0 saturated heterocycles. The van der Waals surface area contributed by atoms with E-state index in [0.29, 0.717) is 17.5 Å². The van der Waals surface area contributed by atoms with Crippen molar-refractivity contribution < 1.29 is 14.6 Å². The molecule has 0 aliphatic heterocycles. The van der Waals surface area contributed by atoms with Crippen LogP contribution in [0.3, 0.4) is 0 Å². The molecule has 2 unspecified atom stereocenters. The summed E-state index contributed by atoms with van der Waals surface area (Å²) in [5, 5.41) is 21.0. The van der Waals surface area contributed by atoms with Crippen LogP contribution in [0.15, 0.2) is 29.9 Å². The van der Waals surface area contributed by atoms with E-state index in [4.69, 9.17) is 0 Å². The van der Waals surface area contributed by atoms with Crippen LogP contribution in [0.2, 0.25) is 0 Å². The minimum Gasteiger partial charge on any atom is -0.507 e. The Morgan fingerprint density at radius 1 is 1.33 bits per heavy atom. The third-order valence-corrected chi connectivity index (χ3v) is 5.10. The molecular formula is C21H29FO2. The van der Waals surface area contributed by atoms with Crippen molar-refractivity contribution in [2.75, 3.05) is 0 Å². The number of halogens is 1. The third-order valence-electron chi connectivity index (χ3n) is 5.10. The summed E-state index contributed by atoms with van der Waals surface area (Å²) in [6, 6.07) is 1.49. The van der Waals surface area contributed by atoms with Crippen LogP contribution in [-0.2, 0) is 6.42 Å². The molecule has 1 aliphatic rings. The van der Waals surface area contributed by atoms with Crippen LogP contribution in [-0.4, -0.2) is 10.2 Å². The molecule has 2 N–H and O–H groups in total. The van der Waals surface area contributed by atoms with E-state index < -0.39 is 11.6 Å². The van der Waals surface area contributed by atoms with E-state index in [-0.39, 0.29) is 17.6 Å². The summed E-state index contributed by atoms with van der Waals surface area (Å²) in [4.78, 5) is 0. The van der Waals surface area contributed by atoms with Crippen LogP contribution in [0, 0.1) is 11.7 Å². The third kappa shape index (κ3) is 3.82. The summed E-state index contributed by atoms with van der Waals surface area (Å²) in [5.74, 6) is -1.12. The average Bonchev–Trinajstić information content (AvgIpc) is 2.52. The van der Waals surface area contributed by atoms with Crippen molar-refractivity contribution in [1.29, 1.82) is 0 Å². The lowest BCUT2D eigenvalue weighted by atomic mass is 9.73. The van der Waals surface area contributed by atoms with Crippen molar-refractivity contribution in [3.05, 3.63) is 46.8 Å². The summed E-state index contributed by atoms with van der Waals surface area (Å²) in [7, 11) is 0. The zero-order chi connectivity index (χ0) is 17.9. The lowest BCUT2D eigenvalue weighted by Crippen LogP contribution is -2.17. The summed E-state index contributed by atoms with van der Waals surface area (Å²) in [5.41, 5.74) is 2.89. The number of hydrogen-bond acceptors (Lipinski definition) is 2. The Morgan fingerprint density at radius 2 is 2.04 bits per heavy atom. The van der Waals surface area contributed by atoms with Crippen LogP contribution < -0.4 is 0 Å². The smallest absolute Gasteiger partial charge is 0.168 e. The molecule has 2 atom stereocenters. The highest BCUT2D eigenvalue weighted by Crippen LogP contribution is 2.47. The Balaban J connectivity index is 2.44. The van der Waals surface area contributed by atoms with Gasteiger partial charge >= 0.3 is 0 Å². The van der Waals surface area contributed by atoms with Gasteiger partial charge in [-0.2, -0.15) is 0 Å². The van der Waals surface area contributed by atoms with Gasteiger partial charge < -0.3 is 10.2 Å². The zero-order valence-electron chi connectivity index (χ0n) is 15.0. The average molecular weight is 332 g/mol. The van der Waals surface area contributed by atoms with Crippen molar-refractivity contribution in [2.45, 2.75) is 65.2 Å². The van der Waals surface area contributed by atoms with Gasteiger partial charge in [0.15, 0.2) is 11.6 Å². The van der Waals surface area contributed by atoms with Gasteiger partial charge in [0.2, 0.25) is 0 Å². The number of aryl methyl sites for hydroxylation is 1. The second-order valence-corrected chi connectivity index (χ2v) is 7.12. The van der Waals surface area contributed by atoms with Gasteiger partial charge in [-0.05, 0) is 57.1 Å². The van der Waals surface area contributed by atoms with Crippen molar-refractivity contribution in [3.8, 4) is 11.5 Å². The maximum absolute atomic E-state index is 14.6. The molecule has 1 aromatic carbocycles. The second kappa shape index (κ2) is 7.87. The second-order valence-electron chi connectivity index (χ2n) is 7.12. The topological polar surface area (TPSA) is 40.5 Å². The highest BCUT2D eigenvalue weighted by atomic mass is 19.1. The molecule has 2 nitrogen and oxygen atoms in total. The van der Waals surface area contributed by atoms with Gasteiger partial charge in [0.05, 0.1) is 0 Å². The minimum atomic E-state index is -0.587. The fourth-order valence-corrected chi connectivity index (χ4v) is 3.68. The Morgan fingerprint density at radius 3 is 2.67 bits per heavy atom. The molecule has 0 fully saturated rings. The Bertz CT molecular complexity index is 646. The Labute approximate surface area is 144 Å². The number of allylic oxidation sites excluding steroid dienone is 3. The normalized spacial score (nSPS) is 20.8. The highest BCUT2D eigenvalue weighted by molar-refractivity contribution is 5.52. The minimum absolute atomic E-state index is 0.0115. The lowest BCUT2D eigenvalue weighted by molar-refractivity contribution is 0.383. The fourth-order valence-electron chi connectivity index (χ4n) is 3.68. The largest absolute Gasteiger partial charge is 0.507 e. The van der Waals surface area contributed by atoms with E-state index in [9.17, 15) is 14.6 Å². The maximum atomic E-state index is 14.6. The molecule has 132 valence electrons. The highest BCUT2D eigenvalue weighted by Gasteiger charge is 2.31. The monoisotopic (exact) mass is 332 g/mol. The van der Waals surface area contributed by atoms with E-state index in [1.807, 2.05) is 19.9 Å². The van der Waals surface area contributed by atoms with Crippen molar-refractivity contribution in [2.24, 2.45) is 5.92 Å². The quantitative estimate of drug-likeness (QED) is 0.496. The van der Waals surface area contributed by atoms with Crippen LogP contribution in [0.5, 0.6) is 11.5 Å². The van der Waals surface area contributed by atoms with Gasteiger partial charge in [0, 0.05) is 11.5 Å². The zero-order valence-corrected chi connectivity index (χ0v) is 15.0. The predicted octanol–water partition coefficient (Wildman–Crippen LogP) is 5.99. The predicted molar refractivity (Wildman–Crippen MR) is 97.0 cm³/mol. The number of phenolic OH excluding ortho intramolecular Hbond substituents is 2. The number of rotatable bonds is 6. The first-order valence-electron chi connectivity index (χ1n) is 8.92. The molecule has 0 heterocycles. The Hall–Kier alpha value is -1.77. The van der Waals surface area contributed by atoms with Crippen molar-refractivity contribution >= 4 is 0 Å². The molecule has 0 spiro atoms. The molecule has 0 amide bonds. The summed E-state index contributed by atoms with van der Waals surface area (Å²) in [6.45, 7) is 10.1. The van der Waals surface area contributed by atoms with Gasteiger partial charge in [0.1, 0.15) is 5.75 Å². The van der Waals surface area contributed by atoms with Crippen molar-refractivity contribution in [3.63, 3.8) is 0 Å². The van der Waals surface area contributed by atoms with Gasteiger partial charge in [-0.3, -0.25) is 0 Å². The molecule has 24 heavy (non-hydrogen) atoms. The maximum Gasteiger partial charge on any atom is 0.168 e. The van der Waals surface area contributed by atoms with E-state index in [1.54, 1.807) is 0 Å². The number of unbranched alkanes of at least 4 members (excludes halogenated alkanes) is 2. The van der Waals surface area contributed by atoms with Gasteiger partial charge in [-0.15, -0.1) is 0 Å². The molecule has 0 saturated carbocycles.